The monoisotopic (exact) mass is 177 g/mol. The van der Waals surface area contributed by atoms with Gasteiger partial charge in [0.15, 0.2) is 0 Å². The molecule has 1 aromatic rings. The zero-order chi connectivity index (χ0) is 9.52. The van der Waals surface area contributed by atoms with E-state index in [-0.39, 0.29) is 0 Å². The minimum Gasteiger partial charge on any atom is -0.457 e. The second kappa shape index (κ2) is 5.36. The first kappa shape index (κ1) is 9.78. The van der Waals surface area contributed by atoms with Crippen molar-refractivity contribution in [3.05, 3.63) is 35.9 Å². The standard InChI is InChI=1S/C11H13O2/c1-10(8-13-9-12)7-11-5-3-2-4-6-11/h2-6,10H,7-8H2,1H3. The minimum absolute atomic E-state index is 0.351. The molecule has 0 saturated heterocycles. The van der Waals surface area contributed by atoms with Crippen molar-refractivity contribution in [1.82, 2.24) is 0 Å². The van der Waals surface area contributed by atoms with Crippen LogP contribution in [0.25, 0.3) is 0 Å². The average molecular weight is 177 g/mol. The summed E-state index contributed by atoms with van der Waals surface area (Å²) in [5, 5.41) is 0. The van der Waals surface area contributed by atoms with E-state index in [0.29, 0.717) is 12.5 Å². The van der Waals surface area contributed by atoms with Gasteiger partial charge in [0.25, 0.3) is 0 Å². The van der Waals surface area contributed by atoms with Gasteiger partial charge in [0.05, 0.1) is 6.61 Å². The Labute approximate surface area is 78.5 Å². The summed E-state index contributed by atoms with van der Waals surface area (Å²) in [5.74, 6) is 0.351. The highest BCUT2D eigenvalue weighted by molar-refractivity contribution is 5.38. The van der Waals surface area contributed by atoms with Crippen LogP contribution in [0.3, 0.4) is 0 Å². The van der Waals surface area contributed by atoms with E-state index < -0.39 is 0 Å². The first-order valence-electron chi connectivity index (χ1n) is 4.36. The third-order valence-corrected chi connectivity index (χ3v) is 1.85. The van der Waals surface area contributed by atoms with Crippen molar-refractivity contribution in [2.45, 2.75) is 13.3 Å². The largest absolute Gasteiger partial charge is 0.457 e. The van der Waals surface area contributed by atoms with Gasteiger partial charge < -0.3 is 4.74 Å². The molecule has 0 aliphatic heterocycles. The van der Waals surface area contributed by atoms with Crippen molar-refractivity contribution in [2.24, 2.45) is 5.92 Å². The molecule has 0 N–H and O–H groups in total. The van der Waals surface area contributed by atoms with Crippen LogP contribution in [0, 0.1) is 5.92 Å². The molecule has 0 fully saturated rings. The highest BCUT2D eigenvalue weighted by atomic mass is 16.5. The van der Waals surface area contributed by atoms with Gasteiger partial charge in [-0.25, -0.2) is 4.79 Å². The molecule has 13 heavy (non-hydrogen) atoms. The van der Waals surface area contributed by atoms with Crippen LogP contribution in [0.1, 0.15) is 12.5 Å². The molecule has 0 saturated carbocycles. The van der Waals surface area contributed by atoms with Crippen molar-refractivity contribution in [3.8, 4) is 0 Å². The summed E-state index contributed by atoms with van der Waals surface area (Å²) in [6.07, 6.45) is 0.933. The van der Waals surface area contributed by atoms with Crippen LogP contribution < -0.4 is 0 Å². The molecule has 1 atom stereocenters. The highest BCUT2D eigenvalue weighted by Gasteiger charge is 2.03. The van der Waals surface area contributed by atoms with Gasteiger partial charge in [0, 0.05) is 0 Å². The van der Waals surface area contributed by atoms with E-state index >= 15 is 0 Å². The Morgan fingerprint density at radius 1 is 1.38 bits per heavy atom. The van der Waals surface area contributed by atoms with E-state index in [0.717, 1.165) is 6.42 Å². The predicted octanol–water partition coefficient (Wildman–Crippen LogP) is 1.95. The van der Waals surface area contributed by atoms with Gasteiger partial charge in [-0.05, 0) is 17.9 Å². The van der Waals surface area contributed by atoms with Crippen LogP contribution in [0.5, 0.6) is 0 Å². The Morgan fingerprint density at radius 2 is 2.08 bits per heavy atom. The Kier molecular flexibility index (Phi) is 4.03. The predicted molar refractivity (Wildman–Crippen MR) is 51.0 cm³/mol. The average Bonchev–Trinajstić information content (AvgIpc) is 2.16. The molecule has 0 aliphatic carbocycles. The fourth-order valence-corrected chi connectivity index (χ4v) is 1.25. The van der Waals surface area contributed by atoms with E-state index in [9.17, 15) is 4.79 Å². The van der Waals surface area contributed by atoms with Crippen molar-refractivity contribution >= 4 is 6.47 Å². The van der Waals surface area contributed by atoms with Crippen LogP contribution in [0.15, 0.2) is 30.3 Å². The molecular formula is C11H13O2. The molecule has 1 rings (SSSR count). The summed E-state index contributed by atoms with van der Waals surface area (Å²) in [5.41, 5.74) is 1.27. The molecular weight excluding hydrogens is 164 g/mol. The second-order valence-electron chi connectivity index (χ2n) is 3.19. The van der Waals surface area contributed by atoms with Crippen LogP contribution in [0.2, 0.25) is 0 Å². The van der Waals surface area contributed by atoms with Gasteiger partial charge in [-0.1, -0.05) is 37.3 Å². The second-order valence-corrected chi connectivity index (χ2v) is 3.19. The van der Waals surface area contributed by atoms with Gasteiger partial charge in [-0.15, -0.1) is 0 Å². The third kappa shape index (κ3) is 3.74. The summed E-state index contributed by atoms with van der Waals surface area (Å²) >= 11 is 0. The molecule has 69 valence electrons. The molecule has 0 aromatic heterocycles. The maximum Gasteiger partial charge on any atom is 0.417 e. The molecule has 2 heteroatoms. The molecule has 0 bridgehead atoms. The zero-order valence-electron chi connectivity index (χ0n) is 7.69. The fraction of sp³-hybridized carbons (Fsp3) is 0.364. The number of ether oxygens (including phenoxy) is 1. The van der Waals surface area contributed by atoms with Crippen LogP contribution in [0.4, 0.5) is 0 Å². The molecule has 0 spiro atoms. The molecule has 0 heterocycles. The molecule has 1 radical (unpaired) electrons. The van der Waals surface area contributed by atoms with Gasteiger partial charge in [-0.2, -0.15) is 0 Å². The minimum atomic E-state index is 0.351. The van der Waals surface area contributed by atoms with Gasteiger partial charge in [-0.3, -0.25) is 0 Å². The molecule has 0 amide bonds. The smallest absolute Gasteiger partial charge is 0.417 e. The number of hydrogen-bond acceptors (Lipinski definition) is 2. The SMILES string of the molecule is CC(CO[C]=O)Cc1ccccc1. The van der Waals surface area contributed by atoms with E-state index in [1.54, 1.807) is 0 Å². The summed E-state index contributed by atoms with van der Waals surface area (Å²) in [6, 6.07) is 10.1. The Morgan fingerprint density at radius 3 is 2.69 bits per heavy atom. The van der Waals surface area contributed by atoms with Crippen LogP contribution in [-0.4, -0.2) is 13.1 Å². The molecule has 1 aromatic carbocycles. The summed E-state index contributed by atoms with van der Waals surface area (Å²) < 4.78 is 4.56. The van der Waals surface area contributed by atoms with E-state index in [1.807, 2.05) is 25.1 Å². The first-order chi connectivity index (χ1) is 6.33. The van der Waals surface area contributed by atoms with Gasteiger partial charge >= 0.3 is 6.47 Å². The summed E-state index contributed by atoms with van der Waals surface area (Å²) in [7, 11) is 0. The number of benzene rings is 1. The maximum absolute atomic E-state index is 9.81. The van der Waals surface area contributed by atoms with Crippen molar-refractivity contribution in [2.75, 3.05) is 6.61 Å². The molecule has 1 unspecified atom stereocenters. The lowest BCUT2D eigenvalue weighted by molar-refractivity contribution is 0.231. The van der Waals surface area contributed by atoms with E-state index in [4.69, 9.17) is 0 Å². The lowest BCUT2D eigenvalue weighted by atomic mass is 10.0. The van der Waals surface area contributed by atoms with Crippen molar-refractivity contribution < 1.29 is 9.53 Å². The van der Waals surface area contributed by atoms with E-state index in [1.165, 1.54) is 12.0 Å². The van der Waals surface area contributed by atoms with Crippen LogP contribution >= 0.6 is 0 Å². The lowest BCUT2D eigenvalue weighted by Gasteiger charge is -2.08. The topological polar surface area (TPSA) is 26.3 Å². The Balaban J connectivity index is 2.36. The normalized spacial score (nSPS) is 12.1. The zero-order valence-corrected chi connectivity index (χ0v) is 7.69. The number of carbonyl (C=O) groups excluding carboxylic acids is 1. The fourth-order valence-electron chi connectivity index (χ4n) is 1.25. The van der Waals surface area contributed by atoms with Crippen molar-refractivity contribution in [1.29, 1.82) is 0 Å². The molecule has 2 nitrogen and oxygen atoms in total. The Bertz CT molecular complexity index is 244. The summed E-state index contributed by atoms with van der Waals surface area (Å²) in [4.78, 5) is 9.81. The third-order valence-electron chi connectivity index (χ3n) is 1.85. The maximum atomic E-state index is 9.81. The Hall–Kier alpha value is -1.31. The highest BCUT2D eigenvalue weighted by Crippen LogP contribution is 2.07. The molecule has 0 aliphatic rings. The van der Waals surface area contributed by atoms with E-state index in [2.05, 4.69) is 16.9 Å². The van der Waals surface area contributed by atoms with Crippen LogP contribution in [-0.2, 0) is 16.0 Å². The quantitative estimate of drug-likeness (QED) is 0.687. The van der Waals surface area contributed by atoms with Crippen molar-refractivity contribution in [3.63, 3.8) is 0 Å². The van der Waals surface area contributed by atoms with Gasteiger partial charge in [0.1, 0.15) is 0 Å². The summed E-state index contributed by atoms with van der Waals surface area (Å²) in [6.45, 7) is 3.92. The lowest BCUT2D eigenvalue weighted by Crippen LogP contribution is -2.07. The number of rotatable bonds is 5. The first-order valence-corrected chi connectivity index (χ1v) is 4.36. The van der Waals surface area contributed by atoms with Gasteiger partial charge in [0.2, 0.25) is 0 Å². The number of hydrogen-bond donors (Lipinski definition) is 0.